The fourth-order valence-corrected chi connectivity index (χ4v) is 4.63. The van der Waals surface area contributed by atoms with E-state index in [1.54, 1.807) is 42.5 Å². The Hall–Kier alpha value is -3.83. The van der Waals surface area contributed by atoms with Gasteiger partial charge in [0.25, 0.3) is 0 Å². The molecule has 0 aliphatic carbocycles. The largest absolute Gasteiger partial charge is 0.508 e. The lowest BCUT2D eigenvalue weighted by atomic mass is 10.2. The van der Waals surface area contributed by atoms with Gasteiger partial charge in [-0.15, -0.1) is 0 Å². The molecule has 10 nitrogen and oxygen atoms in total. The SMILES string of the molecule is CCn1c(CCC(=O)Nc2cnc(-c3cccc(O)c3)nc2)nc2cc(S(=O)(=O)N(C)C)ccc21. The predicted molar refractivity (Wildman–Crippen MR) is 132 cm³/mol. The van der Waals surface area contributed by atoms with Crippen molar-refractivity contribution in [3.8, 4) is 17.1 Å². The Morgan fingerprint density at radius 2 is 1.86 bits per heavy atom. The molecule has 11 heteroatoms. The number of benzene rings is 2. The third-order valence-electron chi connectivity index (χ3n) is 5.51. The molecule has 4 rings (SSSR count). The van der Waals surface area contributed by atoms with Crippen LogP contribution in [0.4, 0.5) is 5.69 Å². The molecule has 0 unspecified atom stereocenters. The minimum Gasteiger partial charge on any atom is -0.508 e. The van der Waals surface area contributed by atoms with Gasteiger partial charge in [-0.05, 0) is 37.3 Å². The van der Waals surface area contributed by atoms with Crippen LogP contribution in [0.3, 0.4) is 0 Å². The summed E-state index contributed by atoms with van der Waals surface area (Å²) in [5, 5.41) is 12.4. The number of amides is 1. The van der Waals surface area contributed by atoms with Crippen LogP contribution in [0.5, 0.6) is 5.75 Å². The Morgan fingerprint density at radius 1 is 1.11 bits per heavy atom. The zero-order valence-electron chi connectivity index (χ0n) is 19.6. The van der Waals surface area contributed by atoms with Gasteiger partial charge in [0.05, 0.1) is 34.0 Å². The van der Waals surface area contributed by atoms with Gasteiger partial charge in [0, 0.05) is 39.0 Å². The predicted octanol–water partition coefficient (Wildman–Crippen LogP) is 3.04. The Balaban J connectivity index is 1.45. The van der Waals surface area contributed by atoms with Crippen molar-refractivity contribution in [2.75, 3.05) is 19.4 Å². The molecule has 0 atom stereocenters. The number of nitrogens with zero attached hydrogens (tertiary/aromatic N) is 5. The first-order valence-corrected chi connectivity index (χ1v) is 12.5. The molecule has 0 aliphatic heterocycles. The summed E-state index contributed by atoms with van der Waals surface area (Å²) in [6, 6.07) is 11.5. The van der Waals surface area contributed by atoms with Crippen LogP contribution in [-0.2, 0) is 27.8 Å². The van der Waals surface area contributed by atoms with E-state index in [9.17, 15) is 18.3 Å². The Kier molecular flexibility index (Phi) is 6.81. The summed E-state index contributed by atoms with van der Waals surface area (Å²) < 4.78 is 28.1. The summed E-state index contributed by atoms with van der Waals surface area (Å²) in [5.74, 6) is 1.04. The molecule has 2 aromatic heterocycles. The number of phenols is 1. The Bertz CT molecular complexity index is 1480. The van der Waals surface area contributed by atoms with Gasteiger partial charge in [0.2, 0.25) is 15.9 Å². The molecule has 0 saturated carbocycles. The number of anilines is 1. The molecule has 35 heavy (non-hydrogen) atoms. The van der Waals surface area contributed by atoms with Crippen molar-refractivity contribution in [1.29, 1.82) is 0 Å². The lowest BCUT2D eigenvalue weighted by Gasteiger charge is -2.11. The van der Waals surface area contributed by atoms with Gasteiger partial charge < -0.3 is 15.0 Å². The van der Waals surface area contributed by atoms with Gasteiger partial charge in [0.1, 0.15) is 11.6 Å². The molecule has 0 saturated heterocycles. The van der Waals surface area contributed by atoms with Crippen molar-refractivity contribution in [2.45, 2.75) is 31.2 Å². The number of aromatic hydroxyl groups is 1. The minimum atomic E-state index is -3.57. The summed E-state index contributed by atoms with van der Waals surface area (Å²) in [5.41, 5.74) is 2.52. The van der Waals surface area contributed by atoms with Crippen LogP contribution in [-0.4, -0.2) is 57.4 Å². The maximum Gasteiger partial charge on any atom is 0.242 e. The number of nitrogens with one attached hydrogen (secondary N) is 1. The molecule has 1 amide bonds. The molecular formula is C24H26N6O4S. The molecule has 0 aliphatic rings. The van der Waals surface area contributed by atoms with Crippen LogP contribution >= 0.6 is 0 Å². The topological polar surface area (TPSA) is 130 Å². The molecule has 2 aromatic carbocycles. The Labute approximate surface area is 203 Å². The van der Waals surface area contributed by atoms with Crippen molar-refractivity contribution >= 4 is 32.7 Å². The second kappa shape index (κ2) is 9.80. The first-order valence-electron chi connectivity index (χ1n) is 11.0. The molecule has 2 N–H and O–H groups in total. The third-order valence-corrected chi connectivity index (χ3v) is 7.32. The number of carbonyl (C=O) groups excluding carboxylic acids is 1. The highest BCUT2D eigenvalue weighted by atomic mass is 32.2. The number of fused-ring (bicyclic) bond motifs is 1. The summed E-state index contributed by atoms with van der Waals surface area (Å²) in [4.78, 5) is 25.8. The number of imidazole rings is 1. The van der Waals surface area contributed by atoms with Crippen molar-refractivity contribution in [1.82, 2.24) is 23.8 Å². The van der Waals surface area contributed by atoms with Crippen molar-refractivity contribution < 1.29 is 18.3 Å². The monoisotopic (exact) mass is 494 g/mol. The smallest absolute Gasteiger partial charge is 0.242 e. The number of aromatic nitrogens is 4. The first kappa shape index (κ1) is 24.3. The van der Waals surface area contributed by atoms with Crippen molar-refractivity contribution in [2.24, 2.45) is 0 Å². The zero-order valence-corrected chi connectivity index (χ0v) is 20.5. The molecule has 182 valence electrons. The van der Waals surface area contributed by atoms with E-state index in [0.29, 0.717) is 41.4 Å². The number of phenolic OH excluding ortho intramolecular Hbond substituents is 1. The van der Waals surface area contributed by atoms with E-state index in [2.05, 4.69) is 20.3 Å². The van der Waals surface area contributed by atoms with Crippen LogP contribution in [0.15, 0.2) is 59.8 Å². The fraction of sp³-hybridized carbons (Fsp3) is 0.250. The first-order chi connectivity index (χ1) is 16.7. The van der Waals surface area contributed by atoms with Gasteiger partial charge in [-0.2, -0.15) is 0 Å². The number of hydrogen-bond acceptors (Lipinski definition) is 7. The van der Waals surface area contributed by atoms with E-state index in [4.69, 9.17) is 0 Å². The molecule has 0 radical (unpaired) electrons. The average molecular weight is 495 g/mol. The van der Waals surface area contributed by atoms with E-state index in [1.165, 1.54) is 26.5 Å². The number of aryl methyl sites for hydroxylation is 2. The zero-order chi connectivity index (χ0) is 25.2. The number of rotatable bonds is 8. The lowest BCUT2D eigenvalue weighted by Crippen LogP contribution is -2.22. The van der Waals surface area contributed by atoms with Gasteiger partial charge in [-0.3, -0.25) is 4.79 Å². The van der Waals surface area contributed by atoms with Crippen LogP contribution in [0.1, 0.15) is 19.2 Å². The van der Waals surface area contributed by atoms with Crippen LogP contribution in [0.2, 0.25) is 0 Å². The standard InChI is InChI=1S/C24H26N6O4S/c1-4-30-21-9-8-19(35(33,34)29(2)3)13-20(21)28-22(30)10-11-23(32)27-17-14-25-24(26-15-17)16-6-5-7-18(31)12-16/h5-9,12-15,31H,4,10-11H2,1-3H3,(H,27,32). The van der Waals surface area contributed by atoms with Gasteiger partial charge in [-0.25, -0.2) is 27.7 Å². The number of hydrogen-bond donors (Lipinski definition) is 2. The minimum absolute atomic E-state index is 0.122. The average Bonchev–Trinajstić information content (AvgIpc) is 3.20. The van der Waals surface area contributed by atoms with Crippen molar-refractivity contribution in [3.63, 3.8) is 0 Å². The number of sulfonamides is 1. The van der Waals surface area contributed by atoms with Gasteiger partial charge >= 0.3 is 0 Å². The lowest BCUT2D eigenvalue weighted by molar-refractivity contribution is -0.116. The highest BCUT2D eigenvalue weighted by Gasteiger charge is 2.20. The van der Waals surface area contributed by atoms with Gasteiger partial charge in [0.15, 0.2) is 5.82 Å². The third kappa shape index (κ3) is 5.15. The highest BCUT2D eigenvalue weighted by molar-refractivity contribution is 7.89. The normalized spacial score (nSPS) is 11.8. The van der Waals surface area contributed by atoms with Crippen molar-refractivity contribution in [3.05, 3.63) is 60.7 Å². The summed E-state index contributed by atoms with van der Waals surface area (Å²) in [6.07, 6.45) is 3.59. The molecule has 0 spiro atoms. The maximum absolute atomic E-state index is 12.5. The van der Waals surface area contributed by atoms with E-state index >= 15 is 0 Å². The van der Waals surface area contributed by atoms with E-state index in [0.717, 1.165) is 9.82 Å². The van der Waals surface area contributed by atoms with E-state index in [-0.39, 0.29) is 23.0 Å². The highest BCUT2D eigenvalue weighted by Crippen LogP contribution is 2.23. The van der Waals surface area contributed by atoms with Gasteiger partial charge in [-0.1, -0.05) is 12.1 Å². The second-order valence-corrected chi connectivity index (χ2v) is 10.3. The fourth-order valence-electron chi connectivity index (χ4n) is 3.71. The summed E-state index contributed by atoms with van der Waals surface area (Å²) in [7, 11) is -0.595. The second-order valence-electron chi connectivity index (χ2n) is 8.10. The molecule has 0 fully saturated rings. The summed E-state index contributed by atoms with van der Waals surface area (Å²) >= 11 is 0. The molecular weight excluding hydrogens is 468 g/mol. The number of carbonyl (C=O) groups is 1. The van der Waals surface area contributed by atoms with Crippen LogP contribution < -0.4 is 5.32 Å². The molecule has 0 bridgehead atoms. The van der Waals surface area contributed by atoms with E-state index in [1.807, 2.05) is 11.5 Å². The van der Waals surface area contributed by atoms with Crippen LogP contribution in [0.25, 0.3) is 22.4 Å². The van der Waals surface area contributed by atoms with Crippen LogP contribution in [0, 0.1) is 0 Å². The van der Waals surface area contributed by atoms with E-state index < -0.39 is 10.0 Å². The quantitative estimate of drug-likeness (QED) is 0.385. The summed E-state index contributed by atoms with van der Waals surface area (Å²) in [6.45, 7) is 2.61. The molecule has 4 aromatic rings. The maximum atomic E-state index is 12.5. The molecule has 2 heterocycles. The Morgan fingerprint density at radius 3 is 2.51 bits per heavy atom.